The number of hydrogen-bond acceptors (Lipinski definition) is 5. The lowest BCUT2D eigenvalue weighted by molar-refractivity contribution is 0.0499. The van der Waals surface area contributed by atoms with Gasteiger partial charge in [-0.05, 0) is 79.3 Å². The molecule has 3 rings (SSSR count). The fraction of sp³-hybridized carbons (Fsp3) is 0.174. The Bertz CT molecular complexity index is 1060. The highest BCUT2D eigenvalue weighted by Gasteiger charge is 2.14. The molecule has 1 aromatic heterocycles. The molecule has 0 unspecified atom stereocenters. The number of esters is 1. The number of carbonyl (C=O) groups excluding carboxylic acids is 2. The summed E-state index contributed by atoms with van der Waals surface area (Å²) in [6.07, 6.45) is 1.79. The molecule has 3 aromatic rings. The van der Waals surface area contributed by atoms with Gasteiger partial charge in [0.15, 0.2) is 10.9 Å². The van der Waals surface area contributed by atoms with Crippen LogP contribution in [0.25, 0.3) is 11.3 Å². The summed E-state index contributed by atoms with van der Waals surface area (Å²) in [5, 5.41) is 6.18. The lowest BCUT2D eigenvalue weighted by Gasteiger charge is -2.09. The minimum absolute atomic E-state index is 0.104. The molecule has 2 aromatic carbocycles. The molecule has 0 saturated carbocycles. The first-order valence-corrected chi connectivity index (χ1v) is 10.5. The van der Waals surface area contributed by atoms with Crippen molar-refractivity contribution >= 4 is 46.5 Å². The minimum atomic E-state index is -0.478. The number of nitrogens with one attached hydrogen (secondary N) is 2. The molecule has 8 heteroatoms. The standard InChI is InChI=1S/C23H21ClN2O4S/c1-2-3-14-29-22(28)16-6-10-18(11-7-16)25-23(31)26-21(27)20-13-12-19(30-20)15-4-8-17(24)9-5-15/h4-13H,2-3,14H2,1H3,(H2,25,26,27,31). The first-order chi connectivity index (χ1) is 15.0. The maximum atomic E-state index is 12.4. The van der Waals surface area contributed by atoms with E-state index in [2.05, 4.69) is 10.6 Å². The van der Waals surface area contributed by atoms with Crippen molar-refractivity contribution in [1.29, 1.82) is 0 Å². The zero-order chi connectivity index (χ0) is 22.2. The van der Waals surface area contributed by atoms with E-state index < -0.39 is 5.91 Å². The molecule has 0 fully saturated rings. The van der Waals surface area contributed by atoms with E-state index in [1.807, 2.05) is 6.92 Å². The van der Waals surface area contributed by atoms with Crippen LogP contribution in [0, 0.1) is 0 Å². The second-order valence-corrected chi connectivity index (χ2v) is 7.49. The summed E-state index contributed by atoms with van der Waals surface area (Å²) in [7, 11) is 0. The van der Waals surface area contributed by atoms with Crippen molar-refractivity contribution in [1.82, 2.24) is 5.32 Å². The number of thiocarbonyl (C=S) groups is 1. The normalized spacial score (nSPS) is 10.4. The number of furan rings is 1. The molecule has 1 amide bonds. The summed E-state index contributed by atoms with van der Waals surface area (Å²) in [6, 6.07) is 17.0. The molecular formula is C23H21ClN2O4S. The number of hydrogen-bond donors (Lipinski definition) is 2. The molecule has 0 radical (unpaired) electrons. The van der Waals surface area contributed by atoms with Crippen LogP contribution in [0.15, 0.2) is 65.1 Å². The Morgan fingerprint density at radius 3 is 2.42 bits per heavy atom. The fourth-order valence-electron chi connectivity index (χ4n) is 2.64. The largest absolute Gasteiger partial charge is 0.462 e. The van der Waals surface area contributed by atoms with E-state index in [1.165, 1.54) is 0 Å². The molecule has 0 atom stereocenters. The van der Waals surface area contributed by atoms with Gasteiger partial charge in [-0.15, -0.1) is 0 Å². The zero-order valence-electron chi connectivity index (χ0n) is 16.8. The smallest absolute Gasteiger partial charge is 0.338 e. The molecule has 0 aliphatic heterocycles. The summed E-state index contributed by atoms with van der Waals surface area (Å²) in [5.74, 6) is -0.180. The molecule has 0 spiro atoms. The lowest BCUT2D eigenvalue weighted by Crippen LogP contribution is -2.33. The van der Waals surface area contributed by atoms with Crippen LogP contribution in [0.5, 0.6) is 0 Å². The Morgan fingerprint density at radius 1 is 1.03 bits per heavy atom. The van der Waals surface area contributed by atoms with Crippen molar-refractivity contribution in [2.45, 2.75) is 19.8 Å². The Hall–Kier alpha value is -3.16. The molecule has 31 heavy (non-hydrogen) atoms. The Balaban J connectivity index is 1.54. The quantitative estimate of drug-likeness (QED) is 0.270. The maximum Gasteiger partial charge on any atom is 0.338 e. The molecule has 2 N–H and O–H groups in total. The van der Waals surface area contributed by atoms with Crippen molar-refractivity contribution in [2.24, 2.45) is 0 Å². The van der Waals surface area contributed by atoms with Gasteiger partial charge < -0.3 is 14.5 Å². The summed E-state index contributed by atoms with van der Waals surface area (Å²) in [5.41, 5.74) is 1.87. The molecule has 0 saturated heterocycles. The van der Waals surface area contributed by atoms with Gasteiger partial charge in [-0.25, -0.2) is 4.79 Å². The SMILES string of the molecule is CCCCOC(=O)c1ccc(NC(=S)NC(=O)c2ccc(-c3ccc(Cl)cc3)o2)cc1. The summed E-state index contributed by atoms with van der Waals surface area (Å²) in [4.78, 5) is 24.3. The van der Waals surface area contributed by atoms with Gasteiger partial charge in [0.05, 0.1) is 12.2 Å². The van der Waals surface area contributed by atoms with Gasteiger partial charge in [-0.3, -0.25) is 10.1 Å². The van der Waals surface area contributed by atoms with Gasteiger partial charge >= 0.3 is 5.97 Å². The second-order valence-electron chi connectivity index (χ2n) is 6.65. The van der Waals surface area contributed by atoms with Gasteiger partial charge in [0.1, 0.15) is 5.76 Å². The number of anilines is 1. The highest BCUT2D eigenvalue weighted by Crippen LogP contribution is 2.23. The third-order valence-corrected chi connectivity index (χ3v) is 4.75. The van der Waals surface area contributed by atoms with Crippen molar-refractivity contribution in [3.63, 3.8) is 0 Å². The number of amides is 1. The first kappa shape index (κ1) is 22.5. The van der Waals surface area contributed by atoms with Crippen LogP contribution in [-0.2, 0) is 4.74 Å². The van der Waals surface area contributed by atoms with Crippen molar-refractivity contribution in [3.05, 3.63) is 77.0 Å². The molecule has 0 aliphatic carbocycles. The van der Waals surface area contributed by atoms with Crippen LogP contribution in [0.4, 0.5) is 5.69 Å². The number of ether oxygens (including phenoxy) is 1. The minimum Gasteiger partial charge on any atom is -0.462 e. The van der Waals surface area contributed by atoms with Crippen LogP contribution in [-0.4, -0.2) is 23.6 Å². The second kappa shape index (κ2) is 10.7. The van der Waals surface area contributed by atoms with Gasteiger partial charge in [-0.1, -0.05) is 24.9 Å². The average Bonchev–Trinajstić information content (AvgIpc) is 3.25. The highest BCUT2D eigenvalue weighted by molar-refractivity contribution is 7.80. The third kappa shape index (κ3) is 6.41. The van der Waals surface area contributed by atoms with E-state index in [0.717, 1.165) is 18.4 Å². The van der Waals surface area contributed by atoms with Crippen LogP contribution < -0.4 is 10.6 Å². The maximum absolute atomic E-state index is 12.4. The summed E-state index contributed by atoms with van der Waals surface area (Å²) >= 11 is 11.1. The topological polar surface area (TPSA) is 80.6 Å². The van der Waals surface area contributed by atoms with Crippen molar-refractivity contribution in [2.75, 3.05) is 11.9 Å². The lowest BCUT2D eigenvalue weighted by atomic mass is 10.2. The number of unbranched alkanes of at least 4 members (excludes halogenated alkanes) is 1. The van der Waals surface area contributed by atoms with Gasteiger partial charge in [0.25, 0.3) is 5.91 Å². The van der Waals surface area contributed by atoms with Gasteiger partial charge in [0, 0.05) is 16.3 Å². The van der Waals surface area contributed by atoms with E-state index in [9.17, 15) is 9.59 Å². The van der Waals surface area contributed by atoms with Crippen LogP contribution in [0.2, 0.25) is 5.02 Å². The van der Waals surface area contributed by atoms with Crippen LogP contribution in [0.3, 0.4) is 0 Å². The van der Waals surface area contributed by atoms with E-state index >= 15 is 0 Å². The van der Waals surface area contributed by atoms with Crippen LogP contribution in [0.1, 0.15) is 40.7 Å². The van der Waals surface area contributed by atoms with Crippen LogP contribution >= 0.6 is 23.8 Å². The Morgan fingerprint density at radius 2 is 1.74 bits per heavy atom. The Labute approximate surface area is 190 Å². The number of halogens is 1. The highest BCUT2D eigenvalue weighted by atomic mass is 35.5. The molecular weight excluding hydrogens is 436 g/mol. The molecule has 0 bridgehead atoms. The first-order valence-electron chi connectivity index (χ1n) is 9.71. The zero-order valence-corrected chi connectivity index (χ0v) is 18.4. The Kier molecular flexibility index (Phi) is 7.81. The average molecular weight is 457 g/mol. The number of carbonyl (C=O) groups is 2. The van der Waals surface area contributed by atoms with E-state index in [1.54, 1.807) is 60.7 Å². The molecule has 6 nitrogen and oxygen atoms in total. The van der Waals surface area contributed by atoms with Gasteiger partial charge in [0.2, 0.25) is 0 Å². The third-order valence-electron chi connectivity index (χ3n) is 4.30. The summed E-state index contributed by atoms with van der Waals surface area (Å²) < 4.78 is 10.8. The summed E-state index contributed by atoms with van der Waals surface area (Å²) in [6.45, 7) is 2.43. The van der Waals surface area contributed by atoms with Gasteiger partial charge in [-0.2, -0.15) is 0 Å². The fourth-order valence-corrected chi connectivity index (χ4v) is 2.97. The van der Waals surface area contributed by atoms with Crippen molar-refractivity contribution in [3.8, 4) is 11.3 Å². The monoisotopic (exact) mass is 456 g/mol. The van der Waals surface area contributed by atoms with E-state index in [4.69, 9.17) is 33.0 Å². The number of rotatable bonds is 7. The predicted molar refractivity (Wildman–Crippen MR) is 124 cm³/mol. The number of benzene rings is 2. The molecule has 160 valence electrons. The molecule has 1 heterocycles. The van der Waals surface area contributed by atoms with Crippen molar-refractivity contribution < 1.29 is 18.7 Å². The predicted octanol–water partition coefficient (Wildman–Crippen LogP) is 5.68. The van der Waals surface area contributed by atoms with E-state index in [0.29, 0.717) is 28.6 Å². The van der Waals surface area contributed by atoms with E-state index in [-0.39, 0.29) is 16.8 Å². The molecule has 0 aliphatic rings.